The van der Waals surface area contributed by atoms with Gasteiger partial charge in [0.15, 0.2) is 5.78 Å². The lowest BCUT2D eigenvalue weighted by atomic mass is 10.0. The number of hydrogen-bond acceptors (Lipinski definition) is 2. The zero-order chi connectivity index (χ0) is 21.4. The Hall–Kier alpha value is -1.16. The van der Waals surface area contributed by atoms with Crippen molar-refractivity contribution in [2.75, 3.05) is 0 Å². The van der Waals surface area contributed by atoms with E-state index in [1.54, 1.807) is 30.3 Å². The second-order valence-electron chi connectivity index (χ2n) is 7.96. The summed E-state index contributed by atoms with van der Waals surface area (Å²) >= 11 is 0. The van der Waals surface area contributed by atoms with Crippen LogP contribution in [0.1, 0.15) is 108 Å². The van der Waals surface area contributed by atoms with Crippen LogP contribution in [0.5, 0.6) is 0 Å². The van der Waals surface area contributed by atoms with Gasteiger partial charge in [0.2, 0.25) is 5.91 Å². The molecule has 1 unspecified atom stereocenters. The molecule has 3 N–H and O–H groups in total. The summed E-state index contributed by atoms with van der Waals surface area (Å²) in [4.78, 5) is 31.2. The predicted molar refractivity (Wildman–Crippen MR) is 120 cm³/mol. The Kier molecular flexibility index (Phi) is 14.0. The summed E-state index contributed by atoms with van der Waals surface area (Å²) < 4.78 is 11.7. The molecular weight excluding hydrogens is 385 g/mol. The Morgan fingerprint density at radius 2 is 1.28 bits per heavy atom. The van der Waals surface area contributed by atoms with Crippen LogP contribution in [0.2, 0.25) is 0 Å². The number of nitrogens with one attached hydrogen (secondary N) is 1. The molecule has 0 saturated heterocycles. The topological polar surface area (TPSA) is 86.6 Å². The van der Waals surface area contributed by atoms with Gasteiger partial charge in [0, 0.05) is 6.42 Å². The van der Waals surface area contributed by atoms with Crippen molar-refractivity contribution < 1.29 is 19.1 Å². The molecule has 0 aromatic heterocycles. The van der Waals surface area contributed by atoms with Crippen molar-refractivity contribution >= 4 is 13.5 Å². The summed E-state index contributed by atoms with van der Waals surface area (Å²) in [5, 5.41) is 2.51. The van der Waals surface area contributed by atoms with Crippen LogP contribution in [0.25, 0.3) is 0 Å². The van der Waals surface area contributed by atoms with Gasteiger partial charge in [-0.25, -0.2) is 0 Å². The number of benzene rings is 1. The van der Waals surface area contributed by atoms with Crippen LogP contribution in [0.3, 0.4) is 0 Å². The van der Waals surface area contributed by atoms with Crippen LogP contribution in [-0.4, -0.2) is 15.7 Å². The molecular formula is C23H40NO4P. The maximum atomic E-state index is 12.1. The third-order valence-corrected chi connectivity index (χ3v) is 6.36. The predicted octanol–water partition coefficient (Wildman–Crippen LogP) is 6.46. The number of amides is 1. The standard InChI is InChI=1S/C23H40NO4P/c1-2-3-4-5-6-7-8-9-10-11-12-13-17-20-22(25)24-23(29(26,27)28)21-18-15-14-16-19-21/h14-16,18-19,23H,2-13,17,20H2,1H3,(H,24,25)(H2,26,27,28). The van der Waals surface area contributed by atoms with Crippen LogP contribution in [0.4, 0.5) is 0 Å². The third kappa shape index (κ3) is 12.9. The van der Waals surface area contributed by atoms with Gasteiger partial charge < -0.3 is 15.1 Å². The van der Waals surface area contributed by atoms with Crippen molar-refractivity contribution in [3.63, 3.8) is 0 Å². The maximum absolute atomic E-state index is 12.1. The number of carbonyl (C=O) groups is 1. The molecule has 0 fully saturated rings. The van der Waals surface area contributed by atoms with Gasteiger partial charge in [-0.2, -0.15) is 0 Å². The number of unbranched alkanes of at least 4 members (excludes halogenated alkanes) is 12. The molecule has 1 amide bonds. The van der Waals surface area contributed by atoms with Gasteiger partial charge in [-0.1, -0.05) is 114 Å². The highest BCUT2D eigenvalue weighted by atomic mass is 31.2. The van der Waals surface area contributed by atoms with Gasteiger partial charge in [-0.15, -0.1) is 0 Å². The molecule has 0 aliphatic heterocycles. The summed E-state index contributed by atoms with van der Waals surface area (Å²) in [6.07, 6.45) is 16.4. The van der Waals surface area contributed by atoms with Gasteiger partial charge >= 0.3 is 7.60 Å². The van der Waals surface area contributed by atoms with E-state index in [1.807, 2.05) is 0 Å². The quantitative estimate of drug-likeness (QED) is 0.197. The molecule has 1 rings (SSSR count). The largest absolute Gasteiger partial charge is 0.352 e. The van der Waals surface area contributed by atoms with Gasteiger partial charge in [0.1, 0.15) is 0 Å². The van der Waals surface area contributed by atoms with Crippen LogP contribution in [0, 0.1) is 0 Å². The average Bonchev–Trinajstić information content (AvgIpc) is 2.69. The molecule has 29 heavy (non-hydrogen) atoms. The van der Waals surface area contributed by atoms with Crippen molar-refractivity contribution in [3.8, 4) is 0 Å². The number of rotatable bonds is 17. The molecule has 0 spiro atoms. The number of hydrogen-bond donors (Lipinski definition) is 3. The molecule has 166 valence electrons. The van der Waals surface area contributed by atoms with E-state index in [0.29, 0.717) is 12.0 Å². The van der Waals surface area contributed by atoms with Gasteiger partial charge in [0.05, 0.1) is 0 Å². The maximum Gasteiger partial charge on any atom is 0.352 e. The lowest BCUT2D eigenvalue weighted by molar-refractivity contribution is -0.121. The van der Waals surface area contributed by atoms with E-state index >= 15 is 0 Å². The lowest BCUT2D eigenvalue weighted by Gasteiger charge is -2.20. The molecule has 5 nitrogen and oxygen atoms in total. The van der Waals surface area contributed by atoms with Crippen molar-refractivity contribution in [2.24, 2.45) is 0 Å². The van der Waals surface area contributed by atoms with Crippen LogP contribution in [0.15, 0.2) is 30.3 Å². The molecule has 0 radical (unpaired) electrons. The molecule has 6 heteroatoms. The molecule has 0 heterocycles. The molecule has 0 bridgehead atoms. The highest BCUT2D eigenvalue weighted by molar-refractivity contribution is 7.52. The summed E-state index contributed by atoms with van der Waals surface area (Å²) in [7, 11) is -4.46. The fraction of sp³-hybridized carbons (Fsp3) is 0.696. The second-order valence-corrected chi connectivity index (χ2v) is 9.66. The van der Waals surface area contributed by atoms with Crippen molar-refractivity contribution in [1.29, 1.82) is 0 Å². The van der Waals surface area contributed by atoms with Crippen molar-refractivity contribution in [3.05, 3.63) is 35.9 Å². The smallest absolute Gasteiger partial charge is 0.338 e. The fourth-order valence-electron chi connectivity index (χ4n) is 3.52. The van der Waals surface area contributed by atoms with E-state index in [-0.39, 0.29) is 5.91 Å². The van der Waals surface area contributed by atoms with Crippen LogP contribution in [-0.2, 0) is 9.36 Å². The van der Waals surface area contributed by atoms with Crippen LogP contribution >= 0.6 is 7.60 Å². The third-order valence-electron chi connectivity index (χ3n) is 5.26. The first-order chi connectivity index (χ1) is 13.9. The van der Waals surface area contributed by atoms with E-state index in [9.17, 15) is 19.1 Å². The lowest BCUT2D eigenvalue weighted by Crippen LogP contribution is -2.28. The summed E-state index contributed by atoms with van der Waals surface area (Å²) in [5.41, 5.74) is 0.430. The van der Waals surface area contributed by atoms with E-state index in [2.05, 4.69) is 12.2 Å². The second kappa shape index (κ2) is 15.6. The summed E-state index contributed by atoms with van der Waals surface area (Å²) in [6.45, 7) is 2.25. The van der Waals surface area contributed by atoms with Gasteiger partial charge in [-0.05, 0) is 12.0 Å². The minimum atomic E-state index is -4.46. The van der Waals surface area contributed by atoms with E-state index in [4.69, 9.17) is 0 Å². The normalized spacial score (nSPS) is 12.7. The zero-order valence-corrected chi connectivity index (χ0v) is 18.9. The zero-order valence-electron chi connectivity index (χ0n) is 18.0. The summed E-state index contributed by atoms with van der Waals surface area (Å²) in [6, 6.07) is 8.42. The molecule has 0 aliphatic rings. The van der Waals surface area contributed by atoms with E-state index in [1.165, 1.54) is 64.2 Å². The first-order valence-electron chi connectivity index (χ1n) is 11.3. The Balaban J connectivity index is 2.08. The Morgan fingerprint density at radius 3 is 1.72 bits per heavy atom. The van der Waals surface area contributed by atoms with Crippen molar-refractivity contribution in [2.45, 2.75) is 103 Å². The molecule has 1 aromatic rings. The van der Waals surface area contributed by atoms with Crippen LogP contribution < -0.4 is 5.32 Å². The van der Waals surface area contributed by atoms with E-state index in [0.717, 1.165) is 19.3 Å². The highest BCUT2D eigenvalue weighted by Gasteiger charge is 2.31. The molecule has 1 aromatic carbocycles. The summed E-state index contributed by atoms with van der Waals surface area (Å²) in [5.74, 6) is -1.57. The SMILES string of the molecule is CCCCCCCCCCCCCCCC(=O)NC(c1ccccc1)P(=O)(O)O. The highest BCUT2D eigenvalue weighted by Crippen LogP contribution is 2.49. The molecule has 0 saturated carbocycles. The number of carbonyl (C=O) groups excluding carboxylic acids is 1. The van der Waals surface area contributed by atoms with Gasteiger partial charge in [-0.3, -0.25) is 9.36 Å². The Bertz CT molecular complexity index is 588. The minimum Gasteiger partial charge on any atom is -0.338 e. The average molecular weight is 426 g/mol. The Labute approximate surface area is 176 Å². The first-order valence-corrected chi connectivity index (χ1v) is 13.0. The Morgan fingerprint density at radius 1 is 0.828 bits per heavy atom. The van der Waals surface area contributed by atoms with Crippen molar-refractivity contribution in [1.82, 2.24) is 5.32 Å². The van der Waals surface area contributed by atoms with E-state index < -0.39 is 13.4 Å². The monoisotopic (exact) mass is 425 g/mol. The van der Waals surface area contributed by atoms with Gasteiger partial charge in [0.25, 0.3) is 0 Å². The minimum absolute atomic E-state index is 0.301. The molecule has 0 aliphatic carbocycles. The first kappa shape index (κ1) is 25.9. The molecule has 1 atom stereocenters. The fourth-order valence-corrected chi connectivity index (χ4v) is 4.40.